The van der Waals surface area contributed by atoms with Crippen LogP contribution >= 0.6 is 0 Å². The van der Waals surface area contributed by atoms with Crippen molar-refractivity contribution in [2.45, 2.75) is 32.6 Å². The lowest BCUT2D eigenvalue weighted by Gasteiger charge is -2.18. The molecule has 0 saturated heterocycles. The number of pyridine rings is 1. The second kappa shape index (κ2) is 8.03. The predicted octanol–water partition coefficient (Wildman–Crippen LogP) is 5.54. The number of benzene rings is 3. The van der Waals surface area contributed by atoms with Crippen LogP contribution in [0.1, 0.15) is 61.6 Å². The van der Waals surface area contributed by atoms with Gasteiger partial charge in [-0.25, -0.2) is 9.37 Å². The van der Waals surface area contributed by atoms with Gasteiger partial charge in [-0.2, -0.15) is 0 Å². The topological polar surface area (TPSA) is 77.2 Å². The number of nitrogens with one attached hydrogen (secondary N) is 1. The summed E-state index contributed by atoms with van der Waals surface area (Å²) in [7, 11) is 0. The first kappa shape index (κ1) is 21.5. The molecule has 5 nitrogen and oxygen atoms in total. The number of anilines is 1. The van der Waals surface area contributed by atoms with E-state index in [2.05, 4.69) is 22.4 Å². The zero-order valence-corrected chi connectivity index (χ0v) is 19.4. The number of fused-ring (bicyclic) bond motifs is 8. The Bertz CT molecular complexity index is 1490. The molecule has 2 aliphatic heterocycles. The summed E-state index contributed by atoms with van der Waals surface area (Å²) in [5.41, 5.74) is 15.3. The maximum atomic E-state index is 13.7. The molecule has 0 spiro atoms. The number of carbonyl (C=O) groups is 1. The number of hydrogen-bond donors (Lipinski definition) is 2. The molecule has 0 fully saturated rings. The quantitative estimate of drug-likeness (QED) is 0.415. The number of aromatic nitrogens is 1. The molecule has 1 aromatic heterocycles. The van der Waals surface area contributed by atoms with E-state index in [1.807, 2.05) is 50.2 Å². The summed E-state index contributed by atoms with van der Waals surface area (Å²) < 4.78 is 20.0. The number of carbonyl (C=O) groups excluding carboxylic acids is 1. The lowest BCUT2D eigenvalue weighted by Crippen LogP contribution is -2.24. The van der Waals surface area contributed by atoms with Crippen molar-refractivity contribution in [3.63, 3.8) is 0 Å². The van der Waals surface area contributed by atoms with Gasteiger partial charge in [0.2, 0.25) is 0 Å². The minimum atomic E-state index is -0.255. The Kier molecular flexibility index (Phi) is 4.93. The highest BCUT2D eigenvalue weighted by Crippen LogP contribution is 2.54. The molecule has 3 N–H and O–H groups in total. The van der Waals surface area contributed by atoms with Gasteiger partial charge in [0.1, 0.15) is 23.8 Å². The number of nitrogen functional groups attached to an aromatic ring is 1. The summed E-state index contributed by atoms with van der Waals surface area (Å²) in [5, 5.41) is 3.01. The third-order valence-electron chi connectivity index (χ3n) is 7.00. The number of halogens is 1. The van der Waals surface area contributed by atoms with E-state index in [0.29, 0.717) is 17.9 Å². The molecule has 1 amide bonds. The second-order valence-electron chi connectivity index (χ2n) is 9.20. The minimum absolute atomic E-state index is 0.145. The number of aryl methyl sites for hydroxylation is 2. The molecule has 2 aliphatic rings. The van der Waals surface area contributed by atoms with E-state index in [0.717, 1.165) is 50.2 Å². The van der Waals surface area contributed by atoms with Gasteiger partial charge in [-0.05, 0) is 94.8 Å². The van der Waals surface area contributed by atoms with Crippen molar-refractivity contribution in [2.24, 2.45) is 0 Å². The first-order valence-electron chi connectivity index (χ1n) is 11.6. The fraction of sp³-hybridized carbons (Fsp3) is 0.172. The molecule has 2 atom stereocenters. The Morgan fingerprint density at radius 3 is 2.40 bits per heavy atom. The van der Waals surface area contributed by atoms with E-state index >= 15 is 0 Å². The maximum absolute atomic E-state index is 13.7. The van der Waals surface area contributed by atoms with E-state index in [9.17, 15) is 9.18 Å². The van der Waals surface area contributed by atoms with Crippen molar-refractivity contribution in [1.82, 2.24) is 10.3 Å². The SMILES string of the molecule is Cc1cc(N)nc(C)c1CNC(=O)c1ccc2c(c1)C1OC2c2cc(-c3cccc(F)c3)ccc21. The highest BCUT2D eigenvalue weighted by molar-refractivity contribution is 5.94. The normalized spacial score (nSPS) is 17.2. The van der Waals surface area contributed by atoms with Gasteiger partial charge in [0.25, 0.3) is 5.91 Å². The van der Waals surface area contributed by atoms with Crippen LogP contribution < -0.4 is 11.1 Å². The number of hydrogen-bond acceptors (Lipinski definition) is 4. The summed E-state index contributed by atoms with van der Waals surface area (Å²) in [6.07, 6.45) is -0.383. The average Bonchev–Trinajstić information content (AvgIpc) is 3.40. The molecule has 0 radical (unpaired) electrons. The molecule has 3 heterocycles. The fourth-order valence-corrected chi connectivity index (χ4v) is 5.26. The van der Waals surface area contributed by atoms with Gasteiger partial charge in [0.05, 0.1) is 0 Å². The van der Waals surface area contributed by atoms with Crippen LogP contribution in [0, 0.1) is 19.7 Å². The summed E-state index contributed by atoms with van der Waals surface area (Å²) in [6.45, 7) is 4.24. The van der Waals surface area contributed by atoms with Gasteiger partial charge in [-0.3, -0.25) is 4.79 Å². The van der Waals surface area contributed by atoms with Crippen molar-refractivity contribution in [3.05, 3.63) is 117 Å². The molecule has 0 aliphatic carbocycles. The van der Waals surface area contributed by atoms with Crippen LogP contribution in [-0.2, 0) is 11.3 Å². The molecule has 6 rings (SSSR count). The number of nitrogens with two attached hydrogens (primary N) is 1. The summed E-state index contributed by atoms with van der Waals surface area (Å²) in [5.74, 6) is 0.0786. The van der Waals surface area contributed by atoms with E-state index in [1.165, 1.54) is 12.1 Å². The lowest BCUT2D eigenvalue weighted by molar-refractivity contribution is 0.0857. The van der Waals surface area contributed by atoms with Crippen molar-refractivity contribution in [3.8, 4) is 11.1 Å². The van der Waals surface area contributed by atoms with E-state index in [-0.39, 0.29) is 23.9 Å². The standard InChI is InChI=1S/C29H24FN3O2/c1-15-10-26(31)33-16(2)25(15)14-32-29(34)19-7-9-22-24(13-19)28-21-8-6-18(12-23(21)27(22)35-28)17-4-3-5-20(30)11-17/h3-13,27-28H,14H2,1-2H3,(H2,31,33)(H,32,34). The monoisotopic (exact) mass is 465 g/mol. The molecule has 174 valence electrons. The zero-order valence-electron chi connectivity index (χ0n) is 19.4. The summed E-state index contributed by atoms with van der Waals surface area (Å²) in [4.78, 5) is 17.3. The summed E-state index contributed by atoms with van der Waals surface area (Å²) in [6, 6.07) is 20.3. The van der Waals surface area contributed by atoms with Crippen molar-refractivity contribution in [2.75, 3.05) is 5.73 Å². The van der Waals surface area contributed by atoms with E-state index in [4.69, 9.17) is 10.5 Å². The molecular weight excluding hydrogens is 441 g/mol. The maximum Gasteiger partial charge on any atom is 0.251 e. The van der Waals surface area contributed by atoms with Gasteiger partial charge in [-0.15, -0.1) is 0 Å². The first-order valence-corrected chi connectivity index (χ1v) is 11.6. The Morgan fingerprint density at radius 2 is 1.66 bits per heavy atom. The first-order chi connectivity index (χ1) is 16.9. The van der Waals surface area contributed by atoms with E-state index in [1.54, 1.807) is 6.07 Å². The van der Waals surface area contributed by atoms with Gasteiger partial charge in [0.15, 0.2) is 0 Å². The molecular formula is C29H24FN3O2. The lowest BCUT2D eigenvalue weighted by atomic mass is 9.84. The van der Waals surface area contributed by atoms with Crippen LogP contribution in [0.3, 0.4) is 0 Å². The smallest absolute Gasteiger partial charge is 0.251 e. The number of amides is 1. The molecule has 4 aromatic rings. The minimum Gasteiger partial charge on any atom is -0.384 e. The third-order valence-corrected chi connectivity index (χ3v) is 7.00. The zero-order chi connectivity index (χ0) is 24.3. The van der Waals surface area contributed by atoms with Crippen LogP contribution in [0.4, 0.5) is 10.2 Å². The molecule has 6 heteroatoms. The van der Waals surface area contributed by atoms with Crippen molar-refractivity contribution >= 4 is 11.7 Å². The number of nitrogens with zero attached hydrogens (tertiary/aromatic N) is 1. The van der Waals surface area contributed by atoms with Crippen LogP contribution in [-0.4, -0.2) is 10.9 Å². The van der Waals surface area contributed by atoms with Gasteiger partial charge in [0, 0.05) is 17.8 Å². The fourth-order valence-electron chi connectivity index (χ4n) is 5.26. The van der Waals surface area contributed by atoms with Gasteiger partial charge >= 0.3 is 0 Å². The Hall–Kier alpha value is -4.03. The van der Waals surface area contributed by atoms with Crippen molar-refractivity contribution < 1.29 is 13.9 Å². The van der Waals surface area contributed by atoms with Crippen molar-refractivity contribution in [1.29, 1.82) is 0 Å². The third kappa shape index (κ3) is 3.58. The molecule has 2 unspecified atom stereocenters. The van der Waals surface area contributed by atoms with Crippen LogP contribution in [0.15, 0.2) is 66.7 Å². The molecule has 35 heavy (non-hydrogen) atoms. The highest BCUT2D eigenvalue weighted by atomic mass is 19.1. The number of ether oxygens (including phenoxy) is 1. The van der Waals surface area contributed by atoms with Gasteiger partial charge in [-0.1, -0.05) is 30.3 Å². The average molecular weight is 466 g/mol. The highest BCUT2D eigenvalue weighted by Gasteiger charge is 2.43. The Morgan fingerprint density at radius 1 is 0.943 bits per heavy atom. The largest absolute Gasteiger partial charge is 0.384 e. The number of rotatable bonds is 4. The van der Waals surface area contributed by atoms with Crippen LogP contribution in [0.25, 0.3) is 11.1 Å². The van der Waals surface area contributed by atoms with Gasteiger partial charge < -0.3 is 15.8 Å². The predicted molar refractivity (Wildman–Crippen MR) is 132 cm³/mol. The Labute approximate surface area is 202 Å². The molecule has 2 bridgehead atoms. The van der Waals surface area contributed by atoms with Crippen LogP contribution in [0.5, 0.6) is 0 Å². The molecule has 0 saturated carbocycles. The van der Waals surface area contributed by atoms with Crippen LogP contribution in [0.2, 0.25) is 0 Å². The van der Waals surface area contributed by atoms with E-state index < -0.39 is 0 Å². The summed E-state index contributed by atoms with van der Waals surface area (Å²) >= 11 is 0. The second-order valence-corrected chi connectivity index (χ2v) is 9.20. The Balaban J connectivity index is 1.24. The molecule has 3 aromatic carbocycles.